The molecule has 0 bridgehead atoms. The quantitative estimate of drug-likeness (QED) is 0.436. The van der Waals surface area contributed by atoms with Gasteiger partial charge in [-0.3, -0.25) is 10.1 Å². The van der Waals surface area contributed by atoms with Gasteiger partial charge in [-0.05, 0) is 17.7 Å². The van der Waals surface area contributed by atoms with Crippen molar-refractivity contribution in [2.45, 2.75) is 6.54 Å². The van der Waals surface area contributed by atoms with Gasteiger partial charge in [0.1, 0.15) is 5.75 Å². The van der Waals surface area contributed by atoms with Crippen molar-refractivity contribution >= 4 is 17.6 Å². The summed E-state index contributed by atoms with van der Waals surface area (Å²) in [6.07, 6.45) is 0. The maximum absolute atomic E-state index is 12.0. The smallest absolute Gasteiger partial charge is 0.365 e. The largest absolute Gasteiger partial charge is 0.497 e. The van der Waals surface area contributed by atoms with E-state index >= 15 is 0 Å². The summed E-state index contributed by atoms with van der Waals surface area (Å²) in [6.45, 7) is 0.00621. The molecule has 10 nitrogen and oxygen atoms in total. The third-order valence-electron chi connectivity index (χ3n) is 3.36. The fourth-order valence-corrected chi connectivity index (χ4v) is 2.18. The number of aromatic nitrogens is 2. The second kappa shape index (κ2) is 7.43. The van der Waals surface area contributed by atoms with E-state index in [1.807, 2.05) is 0 Å². The summed E-state index contributed by atoms with van der Waals surface area (Å²) in [5.41, 5.74) is -1.09. The van der Waals surface area contributed by atoms with E-state index in [4.69, 9.17) is 4.74 Å². The standard InChI is InChI=1S/C15H15N3O7/c1-23-10-6-4-9(5-7-10)8-17-13(15(20)25-3)12(18(21)22)11(16-17)14(19)24-2/h4-7H,8H2,1-3H3. The van der Waals surface area contributed by atoms with Crippen molar-refractivity contribution in [1.82, 2.24) is 9.78 Å². The van der Waals surface area contributed by atoms with E-state index in [1.54, 1.807) is 24.3 Å². The number of rotatable bonds is 6. The van der Waals surface area contributed by atoms with Crippen LogP contribution in [0.15, 0.2) is 24.3 Å². The minimum Gasteiger partial charge on any atom is -0.497 e. The van der Waals surface area contributed by atoms with Crippen LogP contribution in [0.3, 0.4) is 0 Å². The molecule has 0 aliphatic rings. The fourth-order valence-electron chi connectivity index (χ4n) is 2.18. The molecule has 0 atom stereocenters. The molecule has 0 amide bonds. The first kappa shape index (κ1) is 17.9. The molecule has 0 aliphatic carbocycles. The second-order valence-electron chi connectivity index (χ2n) is 4.79. The SMILES string of the molecule is COC(=O)c1nn(Cc2ccc(OC)cc2)c(C(=O)OC)c1[N+](=O)[O-]. The van der Waals surface area contributed by atoms with Crippen molar-refractivity contribution in [2.75, 3.05) is 21.3 Å². The summed E-state index contributed by atoms with van der Waals surface area (Å²) in [4.78, 5) is 34.3. The Labute approximate surface area is 142 Å². The van der Waals surface area contributed by atoms with Gasteiger partial charge in [-0.2, -0.15) is 5.10 Å². The molecule has 132 valence electrons. The predicted octanol–water partition coefficient (Wildman–Crippen LogP) is 1.42. The Bertz CT molecular complexity index is 811. The van der Waals surface area contributed by atoms with E-state index in [2.05, 4.69) is 14.6 Å². The molecule has 0 radical (unpaired) electrons. The Morgan fingerprint density at radius 2 is 1.72 bits per heavy atom. The molecule has 0 saturated carbocycles. The summed E-state index contributed by atoms with van der Waals surface area (Å²) in [7, 11) is 3.66. The van der Waals surface area contributed by atoms with E-state index in [-0.39, 0.29) is 6.54 Å². The van der Waals surface area contributed by atoms with E-state index in [0.29, 0.717) is 11.3 Å². The fraction of sp³-hybridized carbons (Fsp3) is 0.267. The molecule has 10 heteroatoms. The number of ether oxygens (including phenoxy) is 3. The van der Waals surface area contributed by atoms with E-state index in [9.17, 15) is 19.7 Å². The Balaban J connectivity index is 2.56. The Morgan fingerprint density at radius 1 is 1.12 bits per heavy atom. The molecule has 2 aromatic rings. The van der Waals surface area contributed by atoms with Crippen LogP contribution in [0.5, 0.6) is 5.75 Å². The lowest BCUT2D eigenvalue weighted by atomic mass is 10.2. The van der Waals surface area contributed by atoms with Gasteiger partial charge in [0.05, 0.1) is 32.8 Å². The van der Waals surface area contributed by atoms with Crippen LogP contribution in [0.4, 0.5) is 5.69 Å². The van der Waals surface area contributed by atoms with Crippen LogP contribution in [-0.2, 0) is 16.0 Å². The zero-order valence-corrected chi connectivity index (χ0v) is 13.7. The van der Waals surface area contributed by atoms with E-state index in [0.717, 1.165) is 18.9 Å². The molecule has 2 rings (SSSR count). The van der Waals surface area contributed by atoms with Crippen LogP contribution in [0, 0.1) is 10.1 Å². The van der Waals surface area contributed by atoms with Crippen molar-refractivity contribution in [3.05, 3.63) is 51.3 Å². The van der Waals surface area contributed by atoms with Gasteiger partial charge >= 0.3 is 17.6 Å². The molecule has 0 unspecified atom stereocenters. The van der Waals surface area contributed by atoms with Gasteiger partial charge in [-0.1, -0.05) is 12.1 Å². The van der Waals surface area contributed by atoms with Gasteiger partial charge in [0.15, 0.2) is 0 Å². The van der Waals surface area contributed by atoms with Crippen molar-refractivity contribution in [2.24, 2.45) is 0 Å². The monoisotopic (exact) mass is 349 g/mol. The van der Waals surface area contributed by atoms with Crippen LogP contribution in [0.25, 0.3) is 0 Å². The van der Waals surface area contributed by atoms with Gasteiger partial charge in [0, 0.05) is 0 Å². The third-order valence-corrected chi connectivity index (χ3v) is 3.36. The molecular weight excluding hydrogens is 334 g/mol. The molecule has 1 heterocycles. The zero-order chi connectivity index (χ0) is 18.6. The van der Waals surface area contributed by atoms with Crippen LogP contribution >= 0.6 is 0 Å². The lowest BCUT2D eigenvalue weighted by Crippen LogP contribution is -2.14. The summed E-state index contributed by atoms with van der Waals surface area (Å²) < 4.78 is 15.2. The number of hydrogen-bond acceptors (Lipinski definition) is 8. The molecular formula is C15H15N3O7. The highest BCUT2D eigenvalue weighted by Crippen LogP contribution is 2.26. The average Bonchev–Trinajstić information content (AvgIpc) is 3.00. The van der Waals surface area contributed by atoms with E-state index < -0.39 is 33.9 Å². The summed E-state index contributed by atoms with van der Waals surface area (Å²) in [5.74, 6) is -1.38. The maximum Gasteiger partial charge on any atom is 0.365 e. The number of nitrogens with zero attached hydrogens (tertiary/aromatic N) is 3. The molecule has 0 aliphatic heterocycles. The predicted molar refractivity (Wildman–Crippen MR) is 83.7 cm³/mol. The average molecular weight is 349 g/mol. The molecule has 1 aromatic heterocycles. The number of nitro groups is 1. The number of methoxy groups -OCH3 is 3. The van der Waals surface area contributed by atoms with Crippen LogP contribution in [0.1, 0.15) is 26.5 Å². The number of carbonyl (C=O) groups is 2. The lowest BCUT2D eigenvalue weighted by molar-refractivity contribution is -0.385. The number of carbonyl (C=O) groups excluding carboxylic acids is 2. The number of benzene rings is 1. The van der Waals surface area contributed by atoms with E-state index in [1.165, 1.54) is 7.11 Å². The van der Waals surface area contributed by atoms with Gasteiger partial charge in [-0.15, -0.1) is 0 Å². The molecule has 0 N–H and O–H groups in total. The minimum atomic E-state index is -1.02. The number of esters is 2. The first-order valence-electron chi connectivity index (χ1n) is 6.97. The maximum atomic E-state index is 12.0. The second-order valence-corrected chi connectivity index (χ2v) is 4.79. The molecule has 25 heavy (non-hydrogen) atoms. The van der Waals surface area contributed by atoms with Crippen LogP contribution < -0.4 is 4.74 Å². The number of hydrogen-bond donors (Lipinski definition) is 0. The van der Waals surface area contributed by atoms with Crippen molar-refractivity contribution in [1.29, 1.82) is 0 Å². The Hall–Kier alpha value is -3.43. The van der Waals surface area contributed by atoms with Crippen LogP contribution in [0.2, 0.25) is 0 Å². The van der Waals surface area contributed by atoms with Crippen molar-refractivity contribution in [3.63, 3.8) is 0 Å². The van der Waals surface area contributed by atoms with Crippen LogP contribution in [-0.4, -0.2) is 48.0 Å². The van der Waals surface area contributed by atoms with Gasteiger partial charge in [-0.25, -0.2) is 14.3 Å². The first-order valence-corrected chi connectivity index (χ1v) is 6.97. The molecule has 0 fully saturated rings. The van der Waals surface area contributed by atoms with Gasteiger partial charge < -0.3 is 14.2 Å². The first-order chi connectivity index (χ1) is 11.9. The summed E-state index contributed by atoms with van der Waals surface area (Å²) in [5, 5.41) is 15.2. The lowest BCUT2D eigenvalue weighted by Gasteiger charge is -2.06. The van der Waals surface area contributed by atoms with Crippen molar-refractivity contribution in [3.8, 4) is 5.75 Å². The molecule has 0 saturated heterocycles. The normalized spacial score (nSPS) is 10.2. The highest BCUT2D eigenvalue weighted by Gasteiger charge is 2.37. The highest BCUT2D eigenvalue weighted by atomic mass is 16.6. The topological polar surface area (TPSA) is 123 Å². The molecule has 0 spiro atoms. The zero-order valence-electron chi connectivity index (χ0n) is 13.7. The Morgan fingerprint density at radius 3 is 2.20 bits per heavy atom. The minimum absolute atomic E-state index is 0.00621. The van der Waals surface area contributed by atoms with Gasteiger partial charge in [0.2, 0.25) is 11.4 Å². The Kier molecular flexibility index (Phi) is 5.32. The third kappa shape index (κ3) is 3.57. The van der Waals surface area contributed by atoms with Crippen molar-refractivity contribution < 1.29 is 28.7 Å². The summed E-state index contributed by atoms with van der Waals surface area (Å²) in [6, 6.07) is 6.77. The highest BCUT2D eigenvalue weighted by molar-refractivity contribution is 6.00. The van der Waals surface area contributed by atoms with Gasteiger partial charge in [0.25, 0.3) is 0 Å². The molecule has 1 aromatic carbocycles. The summed E-state index contributed by atoms with van der Waals surface area (Å²) >= 11 is 0.